The fourth-order valence-electron chi connectivity index (χ4n) is 2.69. The van der Waals surface area contributed by atoms with Crippen molar-refractivity contribution >= 4 is 27.4 Å². The molecule has 0 aromatic heterocycles. The SMILES string of the molecule is N#Cc1ccccc1COC(=O)c1ccccc1NS(=O)(=O)c1cccc([N+](=O)[O-])c1. The van der Waals surface area contributed by atoms with E-state index in [2.05, 4.69) is 4.72 Å². The normalized spacial score (nSPS) is 10.7. The average Bonchev–Trinajstić information content (AvgIpc) is 2.77. The molecular weight excluding hydrogens is 422 g/mol. The highest BCUT2D eigenvalue weighted by molar-refractivity contribution is 7.92. The molecule has 0 saturated heterocycles. The molecule has 0 amide bonds. The van der Waals surface area contributed by atoms with Crippen molar-refractivity contribution in [2.75, 3.05) is 4.72 Å². The Morgan fingerprint density at radius 1 is 1.06 bits per heavy atom. The van der Waals surface area contributed by atoms with Crippen molar-refractivity contribution < 1.29 is 22.9 Å². The van der Waals surface area contributed by atoms with Gasteiger partial charge in [0.1, 0.15) is 6.61 Å². The maximum atomic E-state index is 12.7. The van der Waals surface area contributed by atoms with Crippen molar-refractivity contribution in [1.82, 2.24) is 0 Å². The number of hydrogen-bond donors (Lipinski definition) is 1. The van der Waals surface area contributed by atoms with Crippen LogP contribution in [0.4, 0.5) is 11.4 Å². The Morgan fingerprint density at radius 3 is 2.52 bits per heavy atom. The van der Waals surface area contributed by atoms with Crippen molar-refractivity contribution in [3.05, 3.63) is 99.6 Å². The minimum atomic E-state index is -4.21. The predicted molar refractivity (Wildman–Crippen MR) is 111 cm³/mol. The molecule has 9 nitrogen and oxygen atoms in total. The van der Waals surface area contributed by atoms with E-state index in [1.54, 1.807) is 24.3 Å². The van der Waals surface area contributed by atoms with E-state index >= 15 is 0 Å². The number of non-ortho nitro benzene ring substituents is 1. The van der Waals surface area contributed by atoms with E-state index in [0.29, 0.717) is 11.1 Å². The van der Waals surface area contributed by atoms with E-state index in [0.717, 1.165) is 6.07 Å². The Kier molecular flexibility index (Phi) is 6.28. The fraction of sp³-hybridized carbons (Fsp3) is 0.0476. The molecule has 0 unspecified atom stereocenters. The molecule has 31 heavy (non-hydrogen) atoms. The minimum absolute atomic E-state index is 0.0485. The lowest BCUT2D eigenvalue weighted by Gasteiger charge is -2.12. The molecule has 0 fully saturated rings. The van der Waals surface area contributed by atoms with Gasteiger partial charge < -0.3 is 4.74 Å². The molecular formula is C21H15N3O6S. The van der Waals surface area contributed by atoms with Gasteiger partial charge in [-0.15, -0.1) is 0 Å². The van der Waals surface area contributed by atoms with Gasteiger partial charge in [-0.05, 0) is 24.3 Å². The van der Waals surface area contributed by atoms with Gasteiger partial charge in [0.05, 0.1) is 32.7 Å². The van der Waals surface area contributed by atoms with E-state index in [1.807, 2.05) is 6.07 Å². The maximum absolute atomic E-state index is 12.7. The highest BCUT2D eigenvalue weighted by atomic mass is 32.2. The molecule has 0 aliphatic rings. The predicted octanol–water partition coefficient (Wildman–Crippen LogP) is 3.62. The Balaban J connectivity index is 1.83. The van der Waals surface area contributed by atoms with Crippen molar-refractivity contribution in [2.24, 2.45) is 0 Å². The maximum Gasteiger partial charge on any atom is 0.340 e. The highest BCUT2D eigenvalue weighted by Gasteiger charge is 2.21. The summed E-state index contributed by atoms with van der Waals surface area (Å²) in [6, 6.07) is 19.0. The van der Waals surface area contributed by atoms with Crippen LogP contribution in [0.25, 0.3) is 0 Å². The third-order valence-corrected chi connectivity index (χ3v) is 5.59. The summed E-state index contributed by atoms with van der Waals surface area (Å²) in [4.78, 5) is 22.5. The Labute approximate surface area is 177 Å². The van der Waals surface area contributed by atoms with Gasteiger partial charge >= 0.3 is 5.97 Å². The van der Waals surface area contributed by atoms with Crippen LogP contribution in [0.3, 0.4) is 0 Å². The molecule has 0 saturated carbocycles. The summed E-state index contributed by atoms with van der Waals surface area (Å²) in [5, 5.41) is 20.1. The molecule has 3 aromatic carbocycles. The van der Waals surface area contributed by atoms with Crippen LogP contribution in [0, 0.1) is 21.4 Å². The number of nitrogens with zero attached hydrogens (tertiary/aromatic N) is 2. The van der Waals surface area contributed by atoms with Gasteiger partial charge in [0.25, 0.3) is 15.7 Å². The number of hydrogen-bond acceptors (Lipinski definition) is 7. The number of sulfonamides is 1. The molecule has 0 heterocycles. The van der Waals surface area contributed by atoms with Crippen molar-refractivity contribution in [3.63, 3.8) is 0 Å². The zero-order valence-electron chi connectivity index (χ0n) is 15.9. The van der Waals surface area contributed by atoms with Gasteiger partial charge in [-0.25, -0.2) is 13.2 Å². The number of nitro benzene ring substituents is 1. The summed E-state index contributed by atoms with van der Waals surface area (Å²) < 4.78 is 32.9. The smallest absolute Gasteiger partial charge is 0.340 e. The van der Waals surface area contributed by atoms with Crippen LogP contribution in [0.5, 0.6) is 0 Å². The second-order valence-corrected chi connectivity index (χ2v) is 7.93. The number of carbonyl (C=O) groups is 1. The zero-order chi connectivity index (χ0) is 22.4. The second kappa shape index (κ2) is 9.06. The van der Waals surface area contributed by atoms with Gasteiger partial charge in [-0.2, -0.15) is 5.26 Å². The van der Waals surface area contributed by atoms with Crippen molar-refractivity contribution in [1.29, 1.82) is 5.26 Å². The first kappa shape index (κ1) is 21.5. The number of para-hydroxylation sites is 1. The molecule has 1 N–H and O–H groups in total. The van der Waals surface area contributed by atoms with Crippen LogP contribution in [0.1, 0.15) is 21.5 Å². The van der Waals surface area contributed by atoms with Gasteiger partial charge in [-0.3, -0.25) is 14.8 Å². The van der Waals surface area contributed by atoms with Crippen LogP contribution in [0.2, 0.25) is 0 Å². The summed E-state index contributed by atoms with van der Waals surface area (Å²) >= 11 is 0. The first-order valence-corrected chi connectivity index (χ1v) is 10.3. The van der Waals surface area contributed by atoms with Crippen LogP contribution in [0.15, 0.2) is 77.7 Å². The monoisotopic (exact) mass is 437 g/mol. The summed E-state index contributed by atoms with van der Waals surface area (Å²) in [6.45, 7) is -0.172. The lowest BCUT2D eigenvalue weighted by molar-refractivity contribution is -0.385. The molecule has 0 spiro atoms. The third-order valence-electron chi connectivity index (χ3n) is 4.23. The highest BCUT2D eigenvalue weighted by Crippen LogP contribution is 2.23. The quantitative estimate of drug-likeness (QED) is 0.338. The van der Waals surface area contributed by atoms with E-state index in [1.165, 1.54) is 42.5 Å². The number of nitro groups is 1. The van der Waals surface area contributed by atoms with Crippen molar-refractivity contribution in [2.45, 2.75) is 11.5 Å². The second-order valence-electron chi connectivity index (χ2n) is 6.25. The molecule has 0 aliphatic heterocycles. The average molecular weight is 437 g/mol. The molecule has 3 rings (SSSR count). The first-order chi connectivity index (χ1) is 14.8. The molecule has 10 heteroatoms. The number of rotatable bonds is 7. The third kappa shape index (κ3) is 5.04. The van der Waals surface area contributed by atoms with E-state index in [-0.39, 0.29) is 28.4 Å². The number of esters is 1. The Hall–Kier alpha value is -4.23. The summed E-state index contributed by atoms with van der Waals surface area (Å²) in [5.41, 5.74) is 0.383. The molecule has 0 radical (unpaired) electrons. The number of anilines is 1. The van der Waals surface area contributed by atoms with Gasteiger partial charge in [0.2, 0.25) is 0 Å². The van der Waals surface area contributed by atoms with Crippen LogP contribution in [-0.4, -0.2) is 19.3 Å². The van der Waals surface area contributed by atoms with Gasteiger partial charge in [0, 0.05) is 17.7 Å². The topological polar surface area (TPSA) is 139 Å². The number of benzene rings is 3. The minimum Gasteiger partial charge on any atom is -0.457 e. The van der Waals surface area contributed by atoms with Crippen LogP contribution < -0.4 is 4.72 Å². The fourth-order valence-corrected chi connectivity index (χ4v) is 3.81. The standard InChI is InChI=1S/C21H15N3O6S/c22-13-15-6-1-2-7-16(15)14-30-21(25)19-10-3-4-11-20(19)23-31(28,29)18-9-5-8-17(12-18)24(26)27/h1-12,23H,14H2. The molecule has 3 aromatic rings. The van der Waals surface area contributed by atoms with E-state index in [4.69, 9.17) is 10.00 Å². The van der Waals surface area contributed by atoms with Gasteiger partial charge in [-0.1, -0.05) is 36.4 Å². The molecule has 0 aliphatic carbocycles. The van der Waals surface area contributed by atoms with Crippen LogP contribution >= 0.6 is 0 Å². The van der Waals surface area contributed by atoms with E-state index in [9.17, 15) is 23.3 Å². The zero-order valence-corrected chi connectivity index (χ0v) is 16.7. The summed E-state index contributed by atoms with van der Waals surface area (Å²) in [7, 11) is -4.21. The lowest BCUT2D eigenvalue weighted by Crippen LogP contribution is -2.16. The number of carbonyl (C=O) groups excluding carboxylic acids is 1. The number of nitrogens with one attached hydrogen (secondary N) is 1. The molecule has 156 valence electrons. The largest absolute Gasteiger partial charge is 0.457 e. The molecule has 0 bridgehead atoms. The van der Waals surface area contributed by atoms with Crippen LogP contribution in [-0.2, 0) is 21.4 Å². The summed E-state index contributed by atoms with van der Waals surface area (Å²) in [5.74, 6) is -0.801. The lowest BCUT2D eigenvalue weighted by atomic mass is 10.1. The number of ether oxygens (including phenoxy) is 1. The first-order valence-electron chi connectivity index (χ1n) is 8.83. The molecule has 0 atom stereocenters. The number of nitriles is 1. The van der Waals surface area contributed by atoms with Gasteiger partial charge in [0.15, 0.2) is 0 Å². The Bertz CT molecular complexity index is 1300. The van der Waals surface area contributed by atoms with Crippen molar-refractivity contribution in [3.8, 4) is 6.07 Å². The Morgan fingerprint density at radius 2 is 1.77 bits per heavy atom. The summed E-state index contributed by atoms with van der Waals surface area (Å²) in [6.07, 6.45) is 0. The van der Waals surface area contributed by atoms with E-state index < -0.39 is 20.9 Å².